The minimum Gasteiger partial charge on any atom is -0.464 e. The lowest BCUT2D eigenvalue weighted by molar-refractivity contribution is 0.0594. The molecule has 1 aromatic heterocycles. The Kier molecular flexibility index (Phi) is 2.90. The normalized spacial score (nSPS) is 10.5. The van der Waals surface area contributed by atoms with Gasteiger partial charge in [0.05, 0.1) is 12.6 Å². The lowest BCUT2D eigenvalue weighted by atomic mass is 10.1. The summed E-state index contributed by atoms with van der Waals surface area (Å²) in [5.41, 5.74) is 1.28. The number of methoxy groups -OCH3 is 1. The van der Waals surface area contributed by atoms with Gasteiger partial charge in [-0.3, -0.25) is 4.79 Å². The number of aryl methyl sites for hydroxylation is 1. The zero-order chi connectivity index (χ0) is 12.6. The number of rotatable bonds is 1. The van der Waals surface area contributed by atoms with Crippen LogP contribution in [-0.4, -0.2) is 18.1 Å². The molecule has 88 valence electrons. The fourth-order valence-electron chi connectivity index (χ4n) is 1.70. The zero-order valence-electron chi connectivity index (χ0n) is 9.33. The number of carbonyl (C=O) groups excluding carboxylic acids is 1. The first-order valence-corrected chi connectivity index (χ1v) is 5.32. The quantitative estimate of drug-likeness (QED) is 0.791. The molecule has 0 saturated carbocycles. The molecule has 1 aromatic carbocycles. The number of pyridine rings is 1. The number of benzene rings is 1. The topological polar surface area (TPSA) is 59.2 Å². The highest BCUT2D eigenvalue weighted by molar-refractivity contribution is 6.31. The van der Waals surface area contributed by atoms with Gasteiger partial charge in [0.15, 0.2) is 5.43 Å². The summed E-state index contributed by atoms with van der Waals surface area (Å²) in [5.74, 6) is -0.571. The Balaban J connectivity index is 2.82. The lowest BCUT2D eigenvalue weighted by Gasteiger charge is -2.05. The fourth-order valence-corrected chi connectivity index (χ4v) is 1.98. The number of H-pyrrole nitrogens is 1. The van der Waals surface area contributed by atoms with Gasteiger partial charge in [0, 0.05) is 16.5 Å². The van der Waals surface area contributed by atoms with Crippen LogP contribution in [0.25, 0.3) is 10.9 Å². The predicted octanol–water partition coefficient (Wildman–Crippen LogP) is 2.28. The van der Waals surface area contributed by atoms with E-state index in [1.807, 2.05) is 6.92 Å². The summed E-state index contributed by atoms with van der Waals surface area (Å²) in [6, 6.07) is 4.51. The van der Waals surface area contributed by atoms with Gasteiger partial charge >= 0.3 is 5.97 Å². The third kappa shape index (κ3) is 2.03. The van der Waals surface area contributed by atoms with Gasteiger partial charge in [0.1, 0.15) is 5.69 Å². The molecule has 4 nitrogen and oxygen atoms in total. The number of halogens is 1. The second-order valence-corrected chi connectivity index (χ2v) is 4.12. The van der Waals surface area contributed by atoms with Crippen LogP contribution in [0, 0.1) is 6.92 Å². The number of nitrogens with one attached hydrogen (secondary N) is 1. The van der Waals surface area contributed by atoms with E-state index in [0.29, 0.717) is 15.9 Å². The number of ether oxygens (including phenoxy) is 1. The van der Waals surface area contributed by atoms with Crippen LogP contribution in [0.3, 0.4) is 0 Å². The average molecular weight is 252 g/mol. The van der Waals surface area contributed by atoms with Crippen molar-refractivity contribution < 1.29 is 9.53 Å². The van der Waals surface area contributed by atoms with E-state index in [0.717, 1.165) is 5.56 Å². The fraction of sp³-hybridized carbons (Fsp3) is 0.167. The number of hydrogen-bond donors (Lipinski definition) is 1. The maximum absolute atomic E-state index is 11.8. The van der Waals surface area contributed by atoms with E-state index in [4.69, 9.17) is 11.6 Å². The molecule has 2 rings (SSSR count). The van der Waals surface area contributed by atoms with Gasteiger partial charge in [-0.25, -0.2) is 4.79 Å². The van der Waals surface area contributed by atoms with E-state index in [-0.39, 0.29) is 11.1 Å². The molecule has 0 aliphatic heterocycles. The molecular formula is C12H10ClNO3. The molecule has 0 saturated heterocycles. The standard InChI is InChI=1S/C12H10ClNO3/c1-6-3-7(13)4-8-10(15)5-9(12(16)17-2)14-11(6)8/h3-5H,1-2H3,(H,14,15). The predicted molar refractivity (Wildman–Crippen MR) is 65.7 cm³/mol. The summed E-state index contributed by atoms with van der Waals surface area (Å²) in [6.07, 6.45) is 0. The summed E-state index contributed by atoms with van der Waals surface area (Å²) in [6.45, 7) is 1.81. The molecule has 1 N–H and O–H groups in total. The molecular weight excluding hydrogens is 242 g/mol. The van der Waals surface area contributed by atoms with E-state index in [1.165, 1.54) is 13.2 Å². The molecule has 0 amide bonds. The number of fused-ring (bicyclic) bond motifs is 1. The molecule has 0 spiro atoms. The van der Waals surface area contributed by atoms with Crippen LogP contribution in [0.2, 0.25) is 5.02 Å². The molecule has 0 aliphatic carbocycles. The first kappa shape index (κ1) is 11.7. The zero-order valence-corrected chi connectivity index (χ0v) is 10.1. The van der Waals surface area contributed by atoms with Gasteiger partial charge in [-0.15, -0.1) is 0 Å². The Labute approximate surface area is 102 Å². The monoisotopic (exact) mass is 251 g/mol. The first-order valence-electron chi connectivity index (χ1n) is 4.94. The Bertz CT molecular complexity index is 661. The van der Waals surface area contributed by atoms with E-state index in [1.54, 1.807) is 12.1 Å². The third-order valence-corrected chi connectivity index (χ3v) is 2.72. The summed E-state index contributed by atoms with van der Waals surface area (Å²) in [4.78, 5) is 26.1. The van der Waals surface area contributed by atoms with Gasteiger partial charge in [-0.05, 0) is 24.6 Å². The molecule has 1 heterocycles. The van der Waals surface area contributed by atoms with E-state index >= 15 is 0 Å². The summed E-state index contributed by atoms with van der Waals surface area (Å²) in [5, 5.41) is 0.953. The van der Waals surface area contributed by atoms with Crippen LogP contribution in [0.1, 0.15) is 16.1 Å². The van der Waals surface area contributed by atoms with Gasteiger partial charge in [0.2, 0.25) is 0 Å². The highest BCUT2D eigenvalue weighted by Gasteiger charge is 2.11. The number of hydrogen-bond acceptors (Lipinski definition) is 3. The van der Waals surface area contributed by atoms with Crippen molar-refractivity contribution in [2.75, 3.05) is 7.11 Å². The molecule has 0 unspecified atom stereocenters. The number of aromatic amines is 1. The van der Waals surface area contributed by atoms with Crippen molar-refractivity contribution in [2.45, 2.75) is 6.92 Å². The third-order valence-electron chi connectivity index (χ3n) is 2.51. The molecule has 0 radical (unpaired) electrons. The second-order valence-electron chi connectivity index (χ2n) is 3.68. The van der Waals surface area contributed by atoms with Crippen LogP contribution in [0.5, 0.6) is 0 Å². The number of aromatic nitrogens is 1. The van der Waals surface area contributed by atoms with Crippen molar-refractivity contribution in [3.63, 3.8) is 0 Å². The highest BCUT2D eigenvalue weighted by Crippen LogP contribution is 2.19. The second kappa shape index (κ2) is 4.22. The maximum atomic E-state index is 11.8. The Morgan fingerprint density at radius 2 is 2.06 bits per heavy atom. The molecule has 0 aliphatic rings. The SMILES string of the molecule is COC(=O)c1cc(=O)c2cc(Cl)cc(C)c2[nH]1. The highest BCUT2D eigenvalue weighted by atomic mass is 35.5. The van der Waals surface area contributed by atoms with Crippen LogP contribution >= 0.6 is 11.6 Å². The average Bonchev–Trinajstić information content (AvgIpc) is 2.29. The van der Waals surface area contributed by atoms with Gasteiger partial charge in [-0.1, -0.05) is 11.6 Å². The smallest absolute Gasteiger partial charge is 0.354 e. The molecule has 0 bridgehead atoms. The van der Waals surface area contributed by atoms with Crippen molar-refractivity contribution in [1.82, 2.24) is 4.98 Å². The Hall–Kier alpha value is -1.81. The van der Waals surface area contributed by atoms with Crippen molar-refractivity contribution in [3.05, 3.63) is 44.7 Å². The maximum Gasteiger partial charge on any atom is 0.354 e. The molecule has 17 heavy (non-hydrogen) atoms. The largest absolute Gasteiger partial charge is 0.464 e. The van der Waals surface area contributed by atoms with E-state index < -0.39 is 5.97 Å². The summed E-state index contributed by atoms with van der Waals surface area (Å²) >= 11 is 5.88. The van der Waals surface area contributed by atoms with Crippen molar-refractivity contribution >= 4 is 28.5 Å². The van der Waals surface area contributed by atoms with Crippen LogP contribution in [-0.2, 0) is 4.74 Å². The van der Waals surface area contributed by atoms with Gasteiger partial charge in [0.25, 0.3) is 0 Å². The summed E-state index contributed by atoms with van der Waals surface area (Å²) in [7, 11) is 1.26. The molecule has 0 atom stereocenters. The van der Waals surface area contributed by atoms with Gasteiger partial charge < -0.3 is 9.72 Å². The molecule has 5 heteroatoms. The number of carbonyl (C=O) groups is 1. The molecule has 0 fully saturated rings. The minimum absolute atomic E-state index is 0.135. The Morgan fingerprint density at radius 3 is 2.71 bits per heavy atom. The number of esters is 1. The molecule has 2 aromatic rings. The summed E-state index contributed by atoms with van der Waals surface area (Å²) < 4.78 is 4.57. The van der Waals surface area contributed by atoms with Crippen molar-refractivity contribution in [1.29, 1.82) is 0 Å². The van der Waals surface area contributed by atoms with Gasteiger partial charge in [-0.2, -0.15) is 0 Å². The minimum atomic E-state index is -0.571. The lowest BCUT2D eigenvalue weighted by Crippen LogP contribution is -2.11. The van der Waals surface area contributed by atoms with Crippen LogP contribution in [0.4, 0.5) is 0 Å². The van der Waals surface area contributed by atoms with Crippen LogP contribution in [0.15, 0.2) is 23.0 Å². The van der Waals surface area contributed by atoms with E-state index in [2.05, 4.69) is 9.72 Å². The van der Waals surface area contributed by atoms with Crippen LogP contribution < -0.4 is 5.43 Å². The van der Waals surface area contributed by atoms with Crippen molar-refractivity contribution in [2.24, 2.45) is 0 Å². The first-order chi connectivity index (χ1) is 8.02. The van der Waals surface area contributed by atoms with E-state index in [9.17, 15) is 9.59 Å². The van der Waals surface area contributed by atoms with Crippen molar-refractivity contribution in [3.8, 4) is 0 Å². The Morgan fingerprint density at radius 1 is 1.35 bits per heavy atom.